The van der Waals surface area contributed by atoms with Crippen molar-refractivity contribution in [3.63, 3.8) is 0 Å². The van der Waals surface area contributed by atoms with Crippen molar-refractivity contribution in [2.45, 2.75) is 79.1 Å². The molecule has 0 atom stereocenters. The molecular weight excluding hydrogens is 492 g/mol. The van der Waals surface area contributed by atoms with Crippen LogP contribution in [0.15, 0.2) is 58.2 Å². The Kier molecular flexibility index (Phi) is 11.3. The summed E-state index contributed by atoms with van der Waals surface area (Å²) in [5.41, 5.74) is 3.41. The Balaban J connectivity index is 1.85. The van der Waals surface area contributed by atoms with E-state index in [0.717, 1.165) is 88.9 Å². The number of Topliss-reactive ketones (excluding diaryl/α,β-unsaturated/α-hetero) is 1. The molecule has 0 unspecified atom stereocenters. The summed E-state index contributed by atoms with van der Waals surface area (Å²) in [6.45, 7) is 12.4. The standard InChI is InChI=1S/C32H44N2O3S/c1-5-9-17-33(18-10-6-2)23-13-15-25(27(35)21-23)29-31(37)30(32(29)38)26-16-14-24(22-28(26)36)34(19-11-7-3)20-12-8-4/h13-16,21-22,35,38H,5-12,17-20H2,1-4H3/b30-26-. The highest BCUT2D eigenvalue weighted by atomic mass is 32.1. The van der Waals surface area contributed by atoms with Crippen LogP contribution >= 0.6 is 12.6 Å². The van der Waals surface area contributed by atoms with Gasteiger partial charge in [-0.15, -0.1) is 12.6 Å². The maximum absolute atomic E-state index is 13.3. The topological polar surface area (TPSA) is 60.9 Å². The van der Waals surface area contributed by atoms with Crippen LogP contribution < -0.4 is 4.90 Å². The average molecular weight is 537 g/mol. The molecule has 1 N–H and O–H groups in total. The van der Waals surface area contributed by atoms with Crippen molar-refractivity contribution in [3.8, 4) is 5.75 Å². The second kappa shape index (κ2) is 14.4. The number of carbonyl (C=O) groups is 2. The molecule has 38 heavy (non-hydrogen) atoms. The number of nitrogens with zero attached hydrogens (tertiary/aromatic N) is 2. The molecule has 0 bridgehead atoms. The molecule has 0 aliphatic heterocycles. The van der Waals surface area contributed by atoms with Crippen molar-refractivity contribution in [1.82, 2.24) is 4.90 Å². The fourth-order valence-electron chi connectivity index (χ4n) is 4.88. The lowest BCUT2D eigenvalue weighted by Gasteiger charge is -2.29. The van der Waals surface area contributed by atoms with Gasteiger partial charge in [-0.05, 0) is 50.0 Å². The van der Waals surface area contributed by atoms with E-state index in [1.165, 1.54) is 0 Å². The average Bonchev–Trinajstić information content (AvgIpc) is 2.91. The second-order valence-electron chi connectivity index (χ2n) is 10.2. The number of benzene rings is 1. The van der Waals surface area contributed by atoms with Crippen molar-refractivity contribution in [1.29, 1.82) is 0 Å². The molecule has 0 radical (unpaired) electrons. The summed E-state index contributed by atoms with van der Waals surface area (Å²) in [7, 11) is 0. The van der Waals surface area contributed by atoms with Crippen molar-refractivity contribution < 1.29 is 14.7 Å². The molecular formula is C32H44N2O3S. The zero-order chi connectivity index (χ0) is 27.7. The molecule has 1 aromatic rings. The Morgan fingerprint density at radius 3 is 1.79 bits per heavy atom. The Hall–Kier alpha value is -2.73. The second-order valence-corrected chi connectivity index (χ2v) is 10.6. The molecule has 1 aromatic carbocycles. The first-order valence-electron chi connectivity index (χ1n) is 14.4. The van der Waals surface area contributed by atoms with Gasteiger partial charge in [0.05, 0.1) is 0 Å². The first kappa shape index (κ1) is 29.8. The van der Waals surface area contributed by atoms with Gasteiger partial charge in [-0.2, -0.15) is 0 Å². The summed E-state index contributed by atoms with van der Waals surface area (Å²) in [4.78, 5) is 31.4. The van der Waals surface area contributed by atoms with Crippen molar-refractivity contribution in [2.75, 3.05) is 31.1 Å². The van der Waals surface area contributed by atoms with Crippen LogP contribution in [-0.2, 0) is 9.59 Å². The molecule has 0 saturated heterocycles. The highest BCUT2D eigenvalue weighted by Gasteiger charge is 2.37. The summed E-state index contributed by atoms with van der Waals surface area (Å²) >= 11 is 4.62. The van der Waals surface area contributed by atoms with Gasteiger partial charge >= 0.3 is 0 Å². The molecule has 206 valence electrons. The Morgan fingerprint density at radius 1 is 0.763 bits per heavy atom. The maximum atomic E-state index is 13.3. The number of phenolic OH excluding ortho intramolecular Hbond substituents is 1. The minimum Gasteiger partial charge on any atom is -0.507 e. The molecule has 2 aliphatic rings. The first-order chi connectivity index (χ1) is 18.4. The highest BCUT2D eigenvalue weighted by molar-refractivity contribution is 7.85. The van der Waals surface area contributed by atoms with E-state index in [9.17, 15) is 14.7 Å². The van der Waals surface area contributed by atoms with E-state index < -0.39 is 0 Å². The number of allylic oxidation sites excluding steroid dienone is 6. The van der Waals surface area contributed by atoms with Crippen LogP contribution in [0.25, 0.3) is 5.57 Å². The number of thiol groups is 1. The van der Waals surface area contributed by atoms with E-state index in [2.05, 4.69) is 50.1 Å². The van der Waals surface area contributed by atoms with Gasteiger partial charge in [0.1, 0.15) is 5.75 Å². The van der Waals surface area contributed by atoms with Gasteiger partial charge in [-0.25, -0.2) is 0 Å². The zero-order valence-corrected chi connectivity index (χ0v) is 24.4. The van der Waals surface area contributed by atoms with Crippen LogP contribution in [0.5, 0.6) is 5.75 Å². The number of anilines is 1. The number of ketones is 2. The minimum absolute atomic E-state index is 0.0645. The van der Waals surface area contributed by atoms with E-state index in [1.54, 1.807) is 24.3 Å². The van der Waals surface area contributed by atoms with Gasteiger partial charge in [0.25, 0.3) is 0 Å². The van der Waals surface area contributed by atoms with Gasteiger partial charge < -0.3 is 14.9 Å². The molecule has 6 heteroatoms. The lowest BCUT2D eigenvalue weighted by molar-refractivity contribution is -0.113. The van der Waals surface area contributed by atoms with Crippen LogP contribution in [0.3, 0.4) is 0 Å². The third-order valence-electron chi connectivity index (χ3n) is 7.27. The van der Waals surface area contributed by atoms with Crippen LogP contribution in [0.2, 0.25) is 0 Å². The van der Waals surface area contributed by atoms with Crippen LogP contribution in [-0.4, -0.2) is 47.8 Å². The van der Waals surface area contributed by atoms with E-state index in [1.807, 2.05) is 12.1 Å². The Morgan fingerprint density at radius 2 is 1.32 bits per heavy atom. The summed E-state index contributed by atoms with van der Waals surface area (Å²) in [6.07, 6.45) is 14.0. The van der Waals surface area contributed by atoms with Gasteiger partial charge in [-0.1, -0.05) is 53.4 Å². The largest absolute Gasteiger partial charge is 0.507 e. The lowest BCUT2D eigenvalue weighted by Crippen LogP contribution is -2.28. The van der Waals surface area contributed by atoms with E-state index in [4.69, 9.17) is 0 Å². The zero-order valence-electron chi connectivity index (χ0n) is 23.6. The lowest BCUT2D eigenvalue weighted by atomic mass is 9.80. The number of carbonyl (C=O) groups excluding carboxylic acids is 2. The summed E-state index contributed by atoms with van der Waals surface area (Å²) < 4.78 is 0. The molecule has 0 fully saturated rings. The molecule has 0 heterocycles. The fourth-order valence-corrected chi connectivity index (χ4v) is 5.32. The predicted octanol–water partition coefficient (Wildman–Crippen LogP) is 7.24. The molecule has 0 spiro atoms. The quantitative estimate of drug-likeness (QED) is 0.183. The van der Waals surface area contributed by atoms with Crippen molar-refractivity contribution >= 4 is 35.5 Å². The molecule has 2 aliphatic carbocycles. The monoisotopic (exact) mass is 536 g/mol. The predicted molar refractivity (Wildman–Crippen MR) is 162 cm³/mol. The first-order valence-corrected chi connectivity index (χ1v) is 14.8. The van der Waals surface area contributed by atoms with Crippen LogP contribution in [0, 0.1) is 0 Å². The van der Waals surface area contributed by atoms with Gasteiger partial charge in [-0.3, -0.25) is 9.59 Å². The maximum Gasteiger partial charge on any atom is 0.196 e. The molecule has 5 nitrogen and oxygen atoms in total. The van der Waals surface area contributed by atoms with Gasteiger partial charge in [0.15, 0.2) is 11.6 Å². The third kappa shape index (κ3) is 6.82. The van der Waals surface area contributed by atoms with Crippen molar-refractivity contribution in [3.05, 3.63) is 63.7 Å². The van der Waals surface area contributed by atoms with Gasteiger partial charge in [0, 0.05) is 76.9 Å². The number of rotatable bonds is 15. The van der Waals surface area contributed by atoms with Gasteiger partial charge in [0.2, 0.25) is 0 Å². The number of hydrogen-bond acceptors (Lipinski definition) is 6. The molecule has 0 aromatic heterocycles. The fraction of sp³-hybridized carbons (Fsp3) is 0.500. The number of unbranched alkanes of at least 4 members (excludes halogenated alkanes) is 4. The number of hydrogen-bond donors (Lipinski definition) is 2. The Bertz CT molecular complexity index is 1130. The molecule has 0 saturated carbocycles. The van der Waals surface area contributed by atoms with E-state index in [0.29, 0.717) is 27.2 Å². The number of phenols is 1. The van der Waals surface area contributed by atoms with Crippen LogP contribution in [0.4, 0.5) is 5.69 Å². The summed E-state index contributed by atoms with van der Waals surface area (Å²) in [5, 5.41) is 10.9. The SMILES string of the molecule is CCCCN(CCCC)C1=CC(=O)/C(=C2/C(=O)C(c3ccc(N(CCCC)CCCC)cc3O)=C2S)C=C1. The van der Waals surface area contributed by atoms with Crippen molar-refractivity contribution in [2.24, 2.45) is 0 Å². The Labute approximate surface area is 234 Å². The molecule has 3 rings (SSSR count). The number of aromatic hydroxyl groups is 1. The molecule has 0 amide bonds. The highest BCUT2D eigenvalue weighted by Crippen LogP contribution is 2.45. The minimum atomic E-state index is -0.245. The summed E-state index contributed by atoms with van der Waals surface area (Å²) in [6, 6.07) is 5.51. The third-order valence-corrected chi connectivity index (χ3v) is 7.72. The smallest absolute Gasteiger partial charge is 0.196 e. The van der Waals surface area contributed by atoms with Crippen LogP contribution in [0.1, 0.15) is 84.6 Å². The van der Waals surface area contributed by atoms with E-state index in [-0.39, 0.29) is 17.3 Å². The summed E-state index contributed by atoms with van der Waals surface area (Å²) in [5.74, 6) is -0.350. The normalized spacial score (nSPS) is 17.1. The van der Waals surface area contributed by atoms with E-state index >= 15 is 0 Å².